The molecular weight excluding hydrogens is 220 g/mol. The highest BCUT2D eigenvalue weighted by atomic mass is 35.5. The topological polar surface area (TPSA) is 34.1 Å². The molecule has 0 saturated heterocycles. The van der Waals surface area contributed by atoms with Crippen molar-refractivity contribution in [2.45, 2.75) is 29.9 Å². The van der Waals surface area contributed by atoms with Gasteiger partial charge < -0.3 is 0 Å². The van der Waals surface area contributed by atoms with Crippen LogP contribution in [0.25, 0.3) is 0 Å². The molecule has 0 heterocycles. The van der Waals surface area contributed by atoms with Gasteiger partial charge in [-0.25, -0.2) is 8.42 Å². The molecule has 1 aromatic carbocycles. The van der Waals surface area contributed by atoms with Crippen molar-refractivity contribution >= 4 is 21.4 Å². The van der Waals surface area contributed by atoms with Crippen LogP contribution in [0, 0.1) is 6.92 Å². The summed E-state index contributed by atoms with van der Waals surface area (Å²) >= 11 is 5.82. The van der Waals surface area contributed by atoms with Gasteiger partial charge in [-0.2, -0.15) is 0 Å². The standard InChI is InChI=1S/C10H11ClO2S/c1-7-4-8(11)6-10(5-7)14(12,13)9-2-3-9/h4-6,9H,2-3H2,1H3. The molecule has 76 valence electrons. The first-order valence-electron chi connectivity index (χ1n) is 4.51. The number of sulfone groups is 1. The van der Waals surface area contributed by atoms with E-state index in [1.807, 2.05) is 6.92 Å². The molecule has 14 heavy (non-hydrogen) atoms. The van der Waals surface area contributed by atoms with Gasteiger partial charge in [0.1, 0.15) is 0 Å². The van der Waals surface area contributed by atoms with Gasteiger partial charge in [0, 0.05) is 5.02 Å². The molecule has 1 aliphatic carbocycles. The van der Waals surface area contributed by atoms with Crippen LogP contribution in [-0.4, -0.2) is 13.7 Å². The van der Waals surface area contributed by atoms with Crippen molar-refractivity contribution in [3.63, 3.8) is 0 Å². The fraction of sp³-hybridized carbons (Fsp3) is 0.400. The zero-order valence-corrected chi connectivity index (χ0v) is 9.40. The molecule has 1 fully saturated rings. The molecule has 0 N–H and O–H groups in total. The second kappa shape index (κ2) is 3.24. The van der Waals surface area contributed by atoms with Crippen molar-refractivity contribution in [2.24, 2.45) is 0 Å². The van der Waals surface area contributed by atoms with Crippen LogP contribution in [0.3, 0.4) is 0 Å². The van der Waals surface area contributed by atoms with Gasteiger partial charge in [-0.1, -0.05) is 11.6 Å². The fourth-order valence-corrected chi connectivity index (χ4v) is 3.58. The minimum absolute atomic E-state index is 0.166. The molecule has 4 heteroatoms. The van der Waals surface area contributed by atoms with E-state index in [0.29, 0.717) is 9.92 Å². The van der Waals surface area contributed by atoms with Crippen molar-refractivity contribution in [3.05, 3.63) is 28.8 Å². The van der Waals surface area contributed by atoms with E-state index < -0.39 is 9.84 Å². The molecule has 0 unspecified atom stereocenters. The van der Waals surface area contributed by atoms with Crippen LogP contribution >= 0.6 is 11.6 Å². The van der Waals surface area contributed by atoms with Crippen LogP contribution < -0.4 is 0 Å². The summed E-state index contributed by atoms with van der Waals surface area (Å²) < 4.78 is 23.7. The van der Waals surface area contributed by atoms with Gasteiger partial charge in [0.25, 0.3) is 0 Å². The van der Waals surface area contributed by atoms with Gasteiger partial charge in [-0.3, -0.25) is 0 Å². The van der Waals surface area contributed by atoms with E-state index in [-0.39, 0.29) is 5.25 Å². The SMILES string of the molecule is Cc1cc(Cl)cc(S(=O)(=O)C2CC2)c1. The van der Waals surface area contributed by atoms with Gasteiger partial charge in [0.2, 0.25) is 0 Å². The Labute approximate surface area is 88.8 Å². The zero-order valence-electron chi connectivity index (χ0n) is 7.83. The predicted molar refractivity (Wildman–Crippen MR) is 56.4 cm³/mol. The van der Waals surface area contributed by atoms with E-state index in [4.69, 9.17) is 11.6 Å². The third-order valence-electron chi connectivity index (χ3n) is 2.31. The van der Waals surface area contributed by atoms with Crippen LogP contribution in [0.5, 0.6) is 0 Å². The van der Waals surface area contributed by atoms with Gasteiger partial charge in [0.15, 0.2) is 9.84 Å². The van der Waals surface area contributed by atoms with Gasteiger partial charge in [-0.15, -0.1) is 0 Å². The van der Waals surface area contributed by atoms with E-state index in [1.165, 1.54) is 6.07 Å². The second-order valence-corrected chi connectivity index (χ2v) is 6.37. The average Bonchev–Trinajstić information content (AvgIpc) is 2.83. The molecular formula is C10H11ClO2S. The molecule has 0 atom stereocenters. The summed E-state index contributed by atoms with van der Waals surface area (Å²) in [4.78, 5) is 0.366. The Bertz CT molecular complexity index is 441. The molecule has 2 rings (SSSR count). The molecule has 0 bridgehead atoms. The summed E-state index contributed by atoms with van der Waals surface area (Å²) in [7, 11) is -3.10. The van der Waals surface area contributed by atoms with Crippen molar-refractivity contribution in [1.29, 1.82) is 0 Å². The lowest BCUT2D eigenvalue weighted by molar-refractivity contribution is 0.594. The third-order valence-corrected chi connectivity index (χ3v) is 4.77. The van der Waals surface area contributed by atoms with Crippen molar-refractivity contribution < 1.29 is 8.42 Å². The van der Waals surface area contributed by atoms with Crippen LogP contribution in [0.2, 0.25) is 5.02 Å². The molecule has 0 aromatic heterocycles. The van der Waals surface area contributed by atoms with Crippen molar-refractivity contribution in [3.8, 4) is 0 Å². The van der Waals surface area contributed by atoms with Crippen LogP contribution in [0.4, 0.5) is 0 Å². The summed E-state index contributed by atoms with van der Waals surface area (Å²) in [6.45, 7) is 1.85. The van der Waals surface area contributed by atoms with Crippen LogP contribution in [0.15, 0.2) is 23.1 Å². The smallest absolute Gasteiger partial charge is 0.181 e. The lowest BCUT2D eigenvalue weighted by Crippen LogP contribution is -2.07. The molecule has 0 aliphatic heterocycles. The maximum Gasteiger partial charge on any atom is 0.181 e. The number of rotatable bonds is 2. The number of hydrogen-bond acceptors (Lipinski definition) is 2. The summed E-state index contributed by atoms with van der Waals surface area (Å²) in [5, 5.41) is 0.324. The van der Waals surface area contributed by atoms with E-state index >= 15 is 0 Å². The number of halogens is 1. The lowest BCUT2D eigenvalue weighted by Gasteiger charge is -2.04. The lowest BCUT2D eigenvalue weighted by atomic mass is 10.2. The number of hydrogen-bond donors (Lipinski definition) is 0. The Hall–Kier alpha value is -0.540. The quantitative estimate of drug-likeness (QED) is 0.783. The number of aryl methyl sites for hydroxylation is 1. The summed E-state index contributed by atoms with van der Waals surface area (Å²) in [5.74, 6) is 0. The summed E-state index contributed by atoms with van der Waals surface area (Å²) in [6, 6.07) is 4.97. The number of benzene rings is 1. The zero-order chi connectivity index (χ0) is 10.3. The summed E-state index contributed by atoms with van der Waals surface area (Å²) in [5.41, 5.74) is 0.886. The molecule has 0 radical (unpaired) electrons. The Morgan fingerprint density at radius 1 is 1.29 bits per heavy atom. The van der Waals surface area contributed by atoms with E-state index in [2.05, 4.69) is 0 Å². The minimum atomic E-state index is -3.10. The highest BCUT2D eigenvalue weighted by Gasteiger charge is 2.36. The normalized spacial score (nSPS) is 17.0. The highest BCUT2D eigenvalue weighted by Crippen LogP contribution is 2.34. The second-order valence-electron chi connectivity index (χ2n) is 3.71. The molecule has 0 amide bonds. The van der Waals surface area contributed by atoms with E-state index in [0.717, 1.165) is 18.4 Å². The van der Waals surface area contributed by atoms with Crippen LogP contribution in [-0.2, 0) is 9.84 Å². The Kier molecular flexibility index (Phi) is 2.32. The Morgan fingerprint density at radius 3 is 2.43 bits per heavy atom. The fourth-order valence-electron chi connectivity index (χ4n) is 1.44. The first-order valence-corrected chi connectivity index (χ1v) is 6.43. The average molecular weight is 231 g/mol. The van der Waals surface area contributed by atoms with Gasteiger partial charge in [0.05, 0.1) is 10.1 Å². The highest BCUT2D eigenvalue weighted by molar-refractivity contribution is 7.92. The molecule has 1 aromatic rings. The summed E-state index contributed by atoms with van der Waals surface area (Å²) in [6.07, 6.45) is 1.57. The van der Waals surface area contributed by atoms with E-state index in [9.17, 15) is 8.42 Å². The Morgan fingerprint density at radius 2 is 1.93 bits per heavy atom. The van der Waals surface area contributed by atoms with Gasteiger partial charge in [-0.05, 0) is 43.5 Å². The van der Waals surface area contributed by atoms with Crippen molar-refractivity contribution in [2.75, 3.05) is 0 Å². The van der Waals surface area contributed by atoms with Gasteiger partial charge >= 0.3 is 0 Å². The molecule has 1 aliphatic rings. The Balaban J connectivity index is 2.50. The molecule has 0 spiro atoms. The predicted octanol–water partition coefficient (Wildman–Crippen LogP) is 2.58. The van der Waals surface area contributed by atoms with Crippen LogP contribution in [0.1, 0.15) is 18.4 Å². The molecule has 2 nitrogen and oxygen atoms in total. The molecule has 1 saturated carbocycles. The van der Waals surface area contributed by atoms with E-state index in [1.54, 1.807) is 12.1 Å². The minimum Gasteiger partial charge on any atom is -0.223 e. The maximum atomic E-state index is 11.8. The first kappa shape index (κ1) is 9.99. The largest absolute Gasteiger partial charge is 0.223 e. The third kappa shape index (κ3) is 1.79. The maximum absolute atomic E-state index is 11.8. The first-order chi connectivity index (χ1) is 6.50. The monoisotopic (exact) mass is 230 g/mol. The van der Waals surface area contributed by atoms with Crippen molar-refractivity contribution in [1.82, 2.24) is 0 Å².